The van der Waals surface area contributed by atoms with Gasteiger partial charge in [-0.2, -0.15) is 0 Å². The van der Waals surface area contributed by atoms with Gasteiger partial charge in [-0.05, 0) is 43.3 Å². The van der Waals surface area contributed by atoms with Crippen molar-refractivity contribution in [3.05, 3.63) is 53.4 Å². The van der Waals surface area contributed by atoms with E-state index >= 15 is 0 Å². The largest absolute Gasteiger partial charge is 0.468 e. The number of rotatable bonds is 4. The molecule has 2 aromatic rings. The highest BCUT2D eigenvalue weighted by molar-refractivity contribution is 7.89. The topological polar surface area (TPSA) is 59.3 Å². The standard InChI is InChI=1S/C12H12ClNO3S/c1-9(12-3-2-8-17-12)14-18(15,16)11-6-4-10(13)5-7-11/h2-9,14H,1H3/t9-/m0/s1. The molecule has 0 fully saturated rings. The van der Waals surface area contributed by atoms with E-state index in [9.17, 15) is 8.42 Å². The first-order chi connectivity index (χ1) is 8.49. The van der Waals surface area contributed by atoms with Crippen LogP contribution in [0.2, 0.25) is 5.02 Å². The average molecular weight is 286 g/mol. The molecule has 1 aromatic carbocycles. The van der Waals surface area contributed by atoms with Gasteiger partial charge in [0.05, 0.1) is 17.2 Å². The summed E-state index contributed by atoms with van der Waals surface area (Å²) in [7, 11) is -3.57. The van der Waals surface area contributed by atoms with E-state index in [0.29, 0.717) is 10.8 Å². The average Bonchev–Trinajstić information content (AvgIpc) is 2.82. The van der Waals surface area contributed by atoms with E-state index in [1.54, 1.807) is 19.1 Å². The Bertz CT molecular complexity index is 605. The van der Waals surface area contributed by atoms with E-state index in [2.05, 4.69) is 4.72 Å². The van der Waals surface area contributed by atoms with Crippen LogP contribution in [0.15, 0.2) is 52.0 Å². The van der Waals surface area contributed by atoms with Gasteiger partial charge in [-0.1, -0.05) is 11.6 Å². The van der Waals surface area contributed by atoms with E-state index in [4.69, 9.17) is 16.0 Å². The van der Waals surface area contributed by atoms with Crippen LogP contribution in [0.4, 0.5) is 0 Å². The Hall–Kier alpha value is -1.30. The Morgan fingerprint density at radius 1 is 1.22 bits per heavy atom. The second-order valence-corrected chi connectivity index (χ2v) is 5.96. The molecule has 0 aliphatic carbocycles. The molecule has 2 rings (SSSR count). The lowest BCUT2D eigenvalue weighted by Crippen LogP contribution is -2.26. The van der Waals surface area contributed by atoms with E-state index < -0.39 is 16.1 Å². The third kappa shape index (κ3) is 2.93. The highest BCUT2D eigenvalue weighted by Gasteiger charge is 2.19. The van der Waals surface area contributed by atoms with Gasteiger partial charge in [0.25, 0.3) is 0 Å². The number of nitrogens with one attached hydrogen (secondary N) is 1. The molecular formula is C12H12ClNO3S. The summed E-state index contributed by atoms with van der Waals surface area (Å²) in [6, 6.07) is 8.98. The SMILES string of the molecule is C[C@H](NS(=O)(=O)c1ccc(Cl)cc1)c1ccco1. The van der Waals surface area contributed by atoms with Crippen LogP contribution in [0.25, 0.3) is 0 Å². The molecule has 1 atom stereocenters. The second kappa shape index (κ2) is 5.14. The van der Waals surface area contributed by atoms with Crippen molar-refractivity contribution in [2.75, 3.05) is 0 Å². The molecular weight excluding hydrogens is 274 g/mol. The zero-order valence-electron chi connectivity index (χ0n) is 9.63. The Balaban J connectivity index is 2.20. The number of benzene rings is 1. The number of hydrogen-bond acceptors (Lipinski definition) is 3. The van der Waals surface area contributed by atoms with Crippen molar-refractivity contribution in [2.24, 2.45) is 0 Å². The first kappa shape index (κ1) is 13.1. The number of halogens is 1. The molecule has 0 amide bonds. The lowest BCUT2D eigenvalue weighted by atomic mass is 10.3. The van der Waals surface area contributed by atoms with Crippen LogP contribution >= 0.6 is 11.6 Å². The summed E-state index contributed by atoms with van der Waals surface area (Å²) in [4.78, 5) is 0.172. The highest BCUT2D eigenvalue weighted by atomic mass is 35.5. The van der Waals surface area contributed by atoms with Crippen LogP contribution in [0.3, 0.4) is 0 Å². The Morgan fingerprint density at radius 2 is 1.89 bits per heavy atom. The summed E-state index contributed by atoms with van der Waals surface area (Å²) in [5.74, 6) is 0.563. The van der Waals surface area contributed by atoms with Gasteiger partial charge in [0, 0.05) is 5.02 Å². The minimum Gasteiger partial charge on any atom is -0.468 e. The van der Waals surface area contributed by atoms with Crippen LogP contribution in [0, 0.1) is 0 Å². The summed E-state index contributed by atoms with van der Waals surface area (Å²) in [6.45, 7) is 1.71. The highest BCUT2D eigenvalue weighted by Crippen LogP contribution is 2.18. The van der Waals surface area contributed by atoms with Gasteiger partial charge in [-0.15, -0.1) is 0 Å². The summed E-state index contributed by atoms with van der Waals surface area (Å²) >= 11 is 5.72. The van der Waals surface area contributed by atoms with E-state index in [1.807, 2.05) is 0 Å². The molecule has 0 radical (unpaired) electrons. The van der Waals surface area contributed by atoms with E-state index in [1.165, 1.54) is 30.5 Å². The van der Waals surface area contributed by atoms with Crippen molar-refractivity contribution in [1.29, 1.82) is 0 Å². The molecule has 1 N–H and O–H groups in total. The molecule has 0 saturated carbocycles. The predicted molar refractivity (Wildman–Crippen MR) is 68.9 cm³/mol. The molecule has 4 nitrogen and oxygen atoms in total. The smallest absolute Gasteiger partial charge is 0.241 e. The molecule has 0 unspecified atom stereocenters. The summed E-state index contributed by atoms with van der Waals surface area (Å²) in [5.41, 5.74) is 0. The molecule has 0 saturated heterocycles. The van der Waals surface area contributed by atoms with Gasteiger partial charge in [0.1, 0.15) is 5.76 Å². The minimum absolute atomic E-state index is 0.172. The van der Waals surface area contributed by atoms with Crippen LogP contribution in [0.1, 0.15) is 18.7 Å². The zero-order valence-corrected chi connectivity index (χ0v) is 11.2. The molecule has 0 bridgehead atoms. The van der Waals surface area contributed by atoms with Crippen LogP contribution in [0.5, 0.6) is 0 Å². The number of hydrogen-bond donors (Lipinski definition) is 1. The van der Waals surface area contributed by atoms with E-state index in [0.717, 1.165) is 0 Å². The lowest BCUT2D eigenvalue weighted by Gasteiger charge is -2.12. The fourth-order valence-corrected chi connectivity index (χ4v) is 2.85. The van der Waals surface area contributed by atoms with Gasteiger partial charge in [-0.3, -0.25) is 0 Å². The number of furan rings is 1. The minimum atomic E-state index is -3.57. The van der Waals surface area contributed by atoms with Gasteiger partial charge in [0.15, 0.2) is 0 Å². The normalized spacial score (nSPS) is 13.4. The molecule has 1 aromatic heterocycles. The molecule has 0 aliphatic rings. The third-order valence-corrected chi connectivity index (χ3v) is 4.23. The quantitative estimate of drug-likeness (QED) is 0.939. The summed E-state index contributed by atoms with van der Waals surface area (Å²) in [5, 5.41) is 0.494. The van der Waals surface area contributed by atoms with Gasteiger partial charge in [-0.25, -0.2) is 13.1 Å². The molecule has 96 valence electrons. The van der Waals surface area contributed by atoms with Crippen LogP contribution < -0.4 is 4.72 Å². The Labute approximate surface area is 111 Å². The fraction of sp³-hybridized carbons (Fsp3) is 0.167. The van der Waals surface area contributed by atoms with Crippen LogP contribution in [-0.2, 0) is 10.0 Å². The first-order valence-corrected chi connectivity index (χ1v) is 7.16. The molecule has 1 heterocycles. The van der Waals surface area contributed by atoms with Gasteiger partial charge in [0.2, 0.25) is 10.0 Å². The van der Waals surface area contributed by atoms with Gasteiger partial charge >= 0.3 is 0 Å². The van der Waals surface area contributed by atoms with Crippen molar-refractivity contribution >= 4 is 21.6 Å². The van der Waals surface area contributed by atoms with Crippen molar-refractivity contribution < 1.29 is 12.8 Å². The maximum Gasteiger partial charge on any atom is 0.241 e. The maximum absolute atomic E-state index is 12.1. The molecule has 0 spiro atoms. The van der Waals surface area contributed by atoms with Crippen molar-refractivity contribution in [1.82, 2.24) is 4.72 Å². The Morgan fingerprint density at radius 3 is 2.44 bits per heavy atom. The summed E-state index contributed by atoms with van der Waals surface area (Å²) < 4.78 is 31.8. The predicted octanol–water partition coefficient (Wildman–Crippen LogP) is 2.97. The van der Waals surface area contributed by atoms with Crippen LogP contribution in [-0.4, -0.2) is 8.42 Å². The Kier molecular flexibility index (Phi) is 3.75. The maximum atomic E-state index is 12.1. The second-order valence-electron chi connectivity index (χ2n) is 3.81. The fourth-order valence-electron chi connectivity index (χ4n) is 1.51. The van der Waals surface area contributed by atoms with Gasteiger partial charge < -0.3 is 4.42 Å². The molecule has 18 heavy (non-hydrogen) atoms. The van der Waals surface area contributed by atoms with Crippen molar-refractivity contribution in [3.63, 3.8) is 0 Å². The first-order valence-electron chi connectivity index (χ1n) is 5.30. The molecule has 6 heteroatoms. The van der Waals surface area contributed by atoms with Crippen molar-refractivity contribution in [2.45, 2.75) is 17.9 Å². The lowest BCUT2D eigenvalue weighted by molar-refractivity contribution is 0.459. The van der Waals surface area contributed by atoms with E-state index in [-0.39, 0.29) is 4.90 Å². The van der Waals surface area contributed by atoms with Crippen molar-refractivity contribution in [3.8, 4) is 0 Å². The third-order valence-electron chi connectivity index (χ3n) is 2.43. The zero-order chi connectivity index (χ0) is 13.2. The molecule has 0 aliphatic heterocycles. The monoisotopic (exact) mass is 285 g/mol. The number of sulfonamides is 1. The summed E-state index contributed by atoms with van der Waals surface area (Å²) in [6.07, 6.45) is 1.50.